The van der Waals surface area contributed by atoms with Gasteiger partial charge >= 0.3 is 6.18 Å². The Labute approximate surface area is 112 Å². The molecule has 0 saturated carbocycles. The van der Waals surface area contributed by atoms with Gasteiger partial charge in [0.1, 0.15) is 5.82 Å². The summed E-state index contributed by atoms with van der Waals surface area (Å²) in [6.45, 7) is -0.303. The minimum Gasteiger partial charge on any atom is -0.398 e. The number of aliphatic hydroxyl groups is 1. The molecule has 3 N–H and O–H groups in total. The molecule has 6 heteroatoms. The van der Waals surface area contributed by atoms with E-state index < -0.39 is 17.6 Å². The predicted octanol–water partition coefficient (Wildman–Crippen LogP) is 3.59. The highest BCUT2D eigenvalue weighted by atomic mass is 19.4. The number of halogens is 4. The molecule has 0 heterocycles. The van der Waals surface area contributed by atoms with Crippen LogP contribution in [0.5, 0.6) is 0 Å². The molecule has 2 nitrogen and oxygen atoms in total. The number of hydrogen-bond donors (Lipinski definition) is 2. The van der Waals surface area contributed by atoms with Crippen molar-refractivity contribution in [1.29, 1.82) is 0 Å². The number of alkyl halides is 3. The molecule has 20 heavy (non-hydrogen) atoms. The minimum atomic E-state index is -4.72. The summed E-state index contributed by atoms with van der Waals surface area (Å²) in [6, 6.07) is 7.26. The van der Waals surface area contributed by atoms with E-state index in [-0.39, 0.29) is 12.2 Å². The van der Waals surface area contributed by atoms with Crippen LogP contribution in [-0.2, 0) is 12.8 Å². The highest BCUT2D eigenvalue weighted by molar-refractivity contribution is 5.68. The van der Waals surface area contributed by atoms with Gasteiger partial charge in [-0.15, -0.1) is 0 Å². The monoisotopic (exact) mass is 285 g/mol. The van der Waals surface area contributed by atoms with E-state index in [0.29, 0.717) is 22.9 Å². The van der Waals surface area contributed by atoms with Crippen LogP contribution in [0.1, 0.15) is 11.1 Å². The molecule has 2 aromatic rings. The Morgan fingerprint density at radius 3 is 2.15 bits per heavy atom. The second-order valence-electron chi connectivity index (χ2n) is 4.26. The van der Waals surface area contributed by atoms with E-state index in [9.17, 15) is 17.6 Å². The van der Waals surface area contributed by atoms with Crippen molar-refractivity contribution in [3.8, 4) is 11.1 Å². The number of nitrogens with two attached hydrogens (primary N) is 1. The van der Waals surface area contributed by atoms with E-state index in [1.807, 2.05) is 0 Å². The summed E-state index contributed by atoms with van der Waals surface area (Å²) in [4.78, 5) is 0. The maximum Gasteiger partial charge on any atom is 0.419 e. The standard InChI is InChI=1S/C14H11F4NO/c15-12-6-9(1-3-11(12)14(16,17)18)8-2-4-13(19)10(5-8)7-20/h1-6,20H,7,19H2. The molecule has 0 aliphatic heterocycles. The fourth-order valence-corrected chi connectivity index (χ4v) is 1.85. The Kier molecular flexibility index (Phi) is 3.67. The van der Waals surface area contributed by atoms with E-state index in [0.717, 1.165) is 6.07 Å². The van der Waals surface area contributed by atoms with Gasteiger partial charge in [-0.2, -0.15) is 13.2 Å². The fourth-order valence-electron chi connectivity index (χ4n) is 1.85. The zero-order valence-corrected chi connectivity index (χ0v) is 10.2. The topological polar surface area (TPSA) is 46.2 Å². The first-order valence-corrected chi connectivity index (χ1v) is 5.69. The molecule has 0 amide bonds. The van der Waals surface area contributed by atoms with Gasteiger partial charge in [0.15, 0.2) is 0 Å². The number of anilines is 1. The van der Waals surface area contributed by atoms with Crippen molar-refractivity contribution in [2.24, 2.45) is 0 Å². The molecule has 0 atom stereocenters. The largest absolute Gasteiger partial charge is 0.419 e. The summed E-state index contributed by atoms with van der Waals surface area (Å²) in [5.41, 5.74) is 5.86. The minimum absolute atomic E-state index is 0.283. The van der Waals surface area contributed by atoms with Gasteiger partial charge in [-0.25, -0.2) is 4.39 Å². The van der Waals surface area contributed by atoms with Crippen LogP contribution in [0.25, 0.3) is 11.1 Å². The number of benzene rings is 2. The lowest BCUT2D eigenvalue weighted by molar-refractivity contribution is -0.139. The van der Waals surface area contributed by atoms with Crippen LogP contribution in [0.2, 0.25) is 0 Å². The average molecular weight is 285 g/mol. The summed E-state index contributed by atoms with van der Waals surface area (Å²) in [7, 11) is 0. The first-order chi connectivity index (χ1) is 9.32. The maximum atomic E-state index is 13.5. The van der Waals surface area contributed by atoms with Crippen molar-refractivity contribution in [3.05, 3.63) is 53.3 Å². The summed E-state index contributed by atoms with van der Waals surface area (Å²) < 4.78 is 50.9. The van der Waals surface area contributed by atoms with Crippen molar-refractivity contribution in [2.45, 2.75) is 12.8 Å². The Balaban J connectivity index is 2.47. The third-order valence-corrected chi connectivity index (χ3v) is 2.92. The molecule has 2 aromatic carbocycles. The molecule has 2 rings (SSSR count). The lowest BCUT2D eigenvalue weighted by Gasteiger charge is -2.11. The van der Waals surface area contributed by atoms with Crippen LogP contribution < -0.4 is 5.73 Å². The molecule has 0 aromatic heterocycles. The zero-order chi connectivity index (χ0) is 14.9. The molecule has 0 aliphatic rings. The maximum absolute atomic E-state index is 13.5. The molecular weight excluding hydrogens is 274 g/mol. The van der Waals surface area contributed by atoms with Crippen LogP contribution in [-0.4, -0.2) is 5.11 Å². The quantitative estimate of drug-likeness (QED) is 0.654. The number of rotatable bonds is 2. The Morgan fingerprint density at radius 2 is 1.60 bits per heavy atom. The van der Waals surface area contributed by atoms with E-state index in [4.69, 9.17) is 10.8 Å². The van der Waals surface area contributed by atoms with E-state index >= 15 is 0 Å². The predicted molar refractivity (Wildman–Crippen MR) is 67.2 cm³/mol. The van der Waals surface area contributed by atoms with Crippen LogP contribution in [0.15, 0.2) is 36.4 Å². The van der Waals surface area contributed by atoms with Gasteiger partial charge in [-0.3, -0.25) is 0 Å². The van der Waals surface area contributed by atoms with Gasteiger partial charge < -0.3 is 10.8 Å². The lowest BCUT2D eigenvalue weighted by atomic mass is 10.0. The molecule has 0 radical (unpaired) electrons. The van der Waals surface area contributed by atoms with E-state index in [2.05, 4.69) is 0 Å². The van der Waals surface area contributed by atoms with Gasteiger partial charge in [0.05, 0.1) is 12.2 Å². The molecule has 0 fully saturated rings. The third kappa shape index (κ3) is 2.75. The van der Waals surface area contributed by atoms with Crippen molar-refractivity contribution in [2.75, 3.05) is 5.73 Å². The molecule has 0 aliphatic carbocycles. The number of aliphatic hydroxyl groups excluding tert-OH is 1. The first kappa shape index (κ1) is 14.3. The van der Waals surface area contributed by atoms with Crippen molar-refractivity contribution >= 4 is 5.69 Å². The summed E-state index contributed by atoms with van der Waals surface area (Å²) in [5, 5.41) is 9.09. The molecule has 0 bridgehead atoms. The molecule has 0 unspecified atom stereocenters. The van der Waals surface area contributed by atoms with Gasteiger partial charge in [0.25, 0.3) is 0 Å². The molecule has 106 valence electrons. The third-order valence-electron chi connectivity index (χ3n) is 2.92. The number of nitrogen functional groups attached to an aromatic ring is 1. The highest BCUT2D eigenvalue weighted by Crippen LogP contribution is 2.33. The van der Waals surface area contributed by atoms with Crippen molar-refractivity contribution < 1.29 is 22.7 Å². The van der Waals surface area contributed by atoms with Gasteiger partial charge in [-0.05, 0) is 35.4 Å². The second kappa shape index (κ2) is 5.13. The van der Waals surface area contributed by atoms with Crippen LogP contribution >= 0.6 is 0 Å². The average Bonchev–Trinajstić information content (AvgIpc) is 2.37. The number of hydrogen-bond acceptors (Lipinski definition) is 2. The Bertz CT molecular complexity index is 638. The van der Waals surface area contributed by atoms with E-state index in [1.54, 1.807) is 6.07 Å². The zero-order valence-electron chi connectivity index (χ0n) is 10.2. The second-order valence-corrected chi connectivity index (χ2v) is 4.26. The highest BCUT2D eigenvalue weighted by Gasteiger charge is 2.33. The first-order valence-electron chi connectivity index (χ1n) is 5.69. The SMILES string of the molecule is Nc1ccc(-c2ccc(C(F)(F)F)c(F)c2)cc1CO. The molecule has 0 spiro atoms. The Morgan fingerprint density at radius 1 is 1.00 bits per heavy atom. The van der Waals surface area contributed by atoms with Crippen molar-refractivity contribution in [1.82, 2.24) is 0 Å². The summed E-state index contributed by atoms with van der Waals surface area (Å²) in [5.74, 6) is -1.34. The smallest absolute Gasteiger partial charge is 0.398 e. The summed E-state index contributed by atoms with van der Waals surface area (Å²) >= 11 is 0. The van der Waals surface area contributed by atoms with Gasteiger partial charge in [-0.1, -0.05) is 12.1 Å². The summed E-state index contributed by atoms with van der Waals surface area (Å²) in [6.07, 6.45) is -4.72. The van der Waals surface area contributed by atoms with Crippen molar-refractivity contribution in [3.63, 3.8) is 0 Å². The lowest BCUT2D eigenvalue weighted by Crippen LogP contribution is -2.07. The molecule has 0 saturated heterocycles. The Hall–Kier alpha value is -2.08. The normalized spacial score (nSPS) is 11.7. The molecular formula is C14H11F4NO. The van der Waals surface area contributed by atoms with Gasteiger partial charge in [0, 0.05) is 11.3 Å². The van der Waals surface area contributed by atoms with Crippen LogP contribution in [0, 0.1) is 5.82 Å². The van der Waals surface area contributed by atoms with E-state index in [1.165, 1.54) is 18.2 Å². The fraction of sp³-hybridized carbons (Fsp3) is 0.143. The van der Waals surface area contributed by atoms with Crippen LogP contribution in [0.3, 0.4) is 0 Å². The van der Waals surface area contributed by atoms with Crippen LogP contribution in [0.4, 0.5) is 23.2 Å². The van der Waals surface area contributed by atoms with Gasteiger partial charge in [0.2, 0.25) is 0 Å².